The van der Waals surface area contributed by atoms with E-state index in [4.69, 9.17) is 0 Å². The number of carbonyl (C=O) groups excluding carboxylic acids is 1. The van der Waals surface area contributed by atoms with E-state index >= 15 is 0 Å². The van der Waals surface area contributed by atoms with Crippen molar-refractivity contribution in [1.82, 2.24) is 9.88 Å². The summed E-state index contributed by atoms with van der Waals surface area (Å²) in [5.41, 5.74) is 0.310. The number of alkyl halides is 3. The maximum Gasteiger partial charge on any atom is 0.573 e. The van der Waals surface area contributed by atoms with Gasteiger partial charge < -0.3 is 14.6 Å². The molecule has 23 heavy (non-hydrogen) atoms. The Kier molecular flexibility index (Phi) is 5.05. The smallest absolute Gasteiger partial charge is 0.406 e. The summed E-state index contributed by atoms with van der Waals surface area (Å²) in [6.45, 7) is 0.00164. The van der Waals surface area contributed by atoms with Gasteiger partial charge >= 0.3 is 6.36 Å². The number of amides is 1. The number of ether oxygens (including phenoxy) is 1. The van der Waals surface area contributed by atoms with Gasteiger partial charge in [-0.15, -0.1) is 13.2 Å². The lowest BCUT2D eigenvalue weighted by Gasteiger charge is -2.10. The molecule has 0 fully saturated rings. The standard InChI is InChI=1S/C15H13F3N2O3/c16-15(17,18)23-12-6-4-11(5-7-12)9-19-13(21)10-20-8-2-1-3-14(20)22/h1-8H,9-10H2,(H,19,21). The minimum absolute atomic E-state index is 0.130. The molecule has 0 radical (unpaired) electrons. The molecule has 1 aromatic carbocycles. The Morgan fingerprint density at radius 1 is 1.13 bits per heavy atom. The van der Waals surface area contributed by atoms with E-state index in [9.17, 15) is 22.8 Å². The number of benzene rings is 1. The number of hydrogen-bond donors (Lipinski definition) is 1. The molecule has 0 saturated heterocycles. The van der Waals surface area contributed by atoms with Crippen LogP contribution in [0.4, 0.5) is 13.2 Å². The van der Waals surface area contributed by atoms with E-state index in [0.29, 0.717) is 5.56 Å². The molecule has 1 N–H and O–H groups in total. The minimum atomic E-state index is -4.74. The summed E-state index contributed by atoms with van der Waals surface area (Å²) < 4.78 is 41.1. The summed E-state index contributed by atoms with van der Waals surface area (Å²) in [5.74, 6) is -0.711. The fourth-order valence-corrected chi connectivity index (χ4v) is 1.81. The zero-order chi connectivity index (χ0) is 16.9. The molecule has 0 spiro atoms. The van der Waals surface area contributed by atoms with Crippen molar-refractivity contribution in [1.29, 1.82) is 0 Å². The summed E-state index contributed by atoms with van der Waals surface area (Å²) >= 11 is 0. The molecule has 2 rings (SSSR count). The van der Waals surface area contributed by atoms with Crippen LogP contribution in [0.1, 0.15) is 5.56 Å². The number of nitrogens with zero attached hydrogens (tertiary/aromatic N) is 1. The summed E-state index contributed by atoms with van der Waals surface area (Å²) in [7, 11) is 0. The third-order valence-electron chi connectivity index (χ3n) is 2.86. The van der Waals surface area contributed by atoms with E-state index in [1.165, 1.54) is 29.0 Å². The van der Waals surface area contributed by atoms with Gasteiger partial charge in [-0.3, -0.25) is 9.59 Å². The molecule has 2 aromatic rings. The highest BCUT2D eigenvalue weighted by Crippen LogP contribution is 2.22. The zero-order valence-electron chi connectivity index (χ0n) is 11.8. The number of hydrogen-bond acceptors (Lipinski definition) is 3. The second kappa shape index (κ2) is 6.99. The Bertz CT molecular complexity index is 724. The molecule has 1 aromatic heterocycles. The zero-order valence-corrected chi connectivity index (χ0v) is 11.8. The number of halogens is 3. The van der Waals surface area contributed by atoms with E-state index in [0.717, 1.165) is 12.1 Å². The van der Waals surface area contributed by atoms with E-state index in [-0.39, 0.29) is 30.3 Å². The summed E-state index contributed by atoms with van der Waals surface area (Å²) in [6.07, 6.45) is -3.25. The average Bonchev–Trinajstić information content (AvgIpc) is 2.47. The fraction of sp³-hybridized carbons (Fsp3) is 0.200. The Balaban J connectivity index is 1.87. The van der Waals surface area contributed by atoms with Crippen molar-refractivity contribution in [3.8, 4) is 5.75 Å². The highest BCUT2D eigenvalue weighted by atomic mass is 19.4. The first-order valence-corrected chi connectivity index (χ1v) is 6.60. The lowest BCUT2D eigenvalue weighted by molar-refractivity contribution is -0.274. The van der Waals surface area contributed by atoms with Gasteiger partial charge in [0.2, 0.25) is 5.91 Å². The van der Waals surface area contributed by atoms with Gasteiger partial charge in [-0.25, -0.2) is 0 Å². The monoisotopic (exact) mass is 326 g/mol. The van der Waals surface area contributed by atoms with Gasteiger partial charge in [-0.1, -0.05) is 18.2 Å². The van der Waals surface area contributed by atoms with Crippen LogP contribution in [0, 0.1) is 0 Å². The first-order valence-electron chi connectivity index (χ1n) is 6.60. The Morgan fingerprint density at radius 2 is 1.83 bits per heavy atom. The molecule has 8 heteroatoms. The molecule has 0 bridgehead atoms. The maximum absolute atomic E-state index is 12.0. The second-order valence-corrected chi connectivity index (χ2v) is 4.64. The quantitative estimate of drug-likeness (QED) is 0.915. The van der Waals surface area contributed by atoms with Crippen molar-refractivity contribution in [2.75, 3.05) is 0 Å². The molecule has 1 amide bonds. The molecule has 1 heterocycles. The number of rotatable bonds is 5. The number of carbonyl (C=O) groups is 1. The Hall–Kier alpha value is -2.77. The number of pyridine rings is 1. The predicted octanol–water partition coefficient (Wildman–Crippen LogP) is 2.06. The lowest BCUT2D eigenvalue weighted by Crippen LogP contribution is -2.31. The Morgan fingerprint density at radius 3 is 2.43 bits per heavy atom. The van der Waals surface area contributed by atoms with Crippen molar-refractivity contribution in [2.45, 2.75) is 19.5 Å². The van der Waals surface area contributed by atoms with Gasteiger partial charge in [0.25, 0.3) is 5.56 Å². The van der Waals surface area contributed by atoms with Crippen LogP contribution in [0.3, 0.4) is 0 Å². The predicted molar refractivity (Wildman–Crippen MR) is 75.7 cm³/mol. The summed E-state index contributed by atoms with van der Waals surface area (Å²) in [6, 6.07) is 9.70. The van der Waals surface area contributed by atoms with E-state index in [1.807, 2.05) is 0 Å². The first kappa shape index (κ1) is 16.6. The molecule has 122 valence electrons. The largest absolute Gasteiger partial charge is 0.573 e. The Labute approximate surface area is 129 Å². The maximum atomic E-state index is 12.0. The lowest BCUT2D eigenvalue weighted by atomic mass is 10.2. The fourth-order valence-electron chi connectivity index (χ4n) is 1.81. The summed E-state index contributed by atoms with van der Waals surface area (Å²) in [5, 5.41) is 2.58. The first-order chi connectivity index (χ1) is 10.8. The van der Waals surface area contributed by atoms with E-state index < -0.39 is 6.36 Å². The molecular weight excluding hydrogens is 313 g/mol. The van der Waals surface area contributed by atoms with Crippen LogP contribution >= 0.6 is 0 Å². The molecule has 0 aliphatic rings. The van der Waals surface area contributed by atoms with Crippen LogP contribution in [0.15, 0.2) is 53.5 Å². The average molecular weight is 326 g/mol. The van der Waals surface area contributed by atoms with Crippen LogP contribution in [-0.2, 0) is 17.9 Å². The summed E-state index contributed by atoms with van der Waals surface area (Å²) in [4.78, 5) is 23.2. The molecule has 0 aliphatic heterocycles. The molecular formula is C15H13F3N2O3. The van der Waals surface area contributed by atoms with Crippen LogP contribution in [0.2, 0.25) is 0 Å². The highest BCUT2D eigenvalue weighted by Gasteiger charge is 2.30. The van der Waals surface area contributed by atoms with Gasteiger partial charge in [0.15, 0.2) is 0 Å². The second-order valence-electron chi connectivity index (χ2n) is 4.64. The molecule has 5 nitrogen and oxygen atoms in total. The van der Waals surface area contributed by atoms with Crippen molar-refractivity contribution in [3.63, 3.8) is 0 Å². The SMILES string of the molecule is O=C(Cn1ccccc1=O)NCc1ccc(OC(F)(F)F)cc1. The minimum Gasteiger partial charge on any atom is -0.406 e. The van der Waals surface area contributed by atoms with Crippen LogP contribution in [0.5, 0.6) is 5.75 Å². The van der Waals surface area contributed by atoms with Crippen LogP contribution in [-0.4, -0.2) is 16.8 Å². The number of nitrogens with one attached hydrogen (secondary N) is 1. The highest BCUT2D eigenvalue weighted by molar-refractivity contribution is 5.75. The van der Waals surface area contributed by atoms with Gasteiger partial charge in [-0.2, -0.15) is 0 Å². The topological polar surface area (TPSA) is 60.3 Å². The normalized spacial score (nSPS) is 11.1. The van der Waals surface area contributed by atoms with Gasteiger partial charge in [0.1, 0.15) is 12.3 Å². The van der Waals surface area contributed by atoms with Crippen molar-refractivity contribution >= 4 is 5.91 Å². The van der Waals surface area contributed by atoms with Gasteiger partial charge in [-0.05, 0) is 23.8 Å². The van der Waals surface area contributed by atoms with Crippen LogP contribution < -0.4 is 15.6 Å². The van der Waals surface area contributed by atoms with Crippen molar-refractivity contribution in [3.05, 3.63) is 64.6 Å². The molecule has 0 aliphatic carbocycles. The van der Waals surface area contributed by atoms with Crippen molar-refractivity contribution in [2.24, 2.45) is 0 Å². The molecule has 0 unspecified atom stereocenters. The molecule has 0 atom stereocenters. The van der Waals surface area contributed by atoms with Crippen molar-refractivity contribution < 1.29 is 22.7 Å². The third-order valence-corrected chi connectivity index (χ3v) is 2.86. The van der Waals surface area contributed by atoms with E-state index in [1.54, 1.807) is 12.1 Å². The molecule has 0 saturated carbocycles. The van der Waals surface area contributed by atoms with Gasteiger partial charge in [0.05, 0.1) is 0 Å². The third kappa shape index (κ3) is 5.50. The number of aromatic nitrogens is 1. The van der Waals surface area contributed by atoms with Gasteiger partial charge in [0, 0.05) is 18.8 Å². The van der Waals surface area contributed by atoms with E-state index in [2.05, 4.69) is 10.1 Å². The van der Waals surface area contributed by atoms with Crippen LogP contribution in [0.25, 0.3) is 0 Å².